The number of aliphatic hydroxyl groups excluding tert-OH is 1. The molecule has 1 aromatic rings. The van der Waals surface area contributed by atoms with E-state index in [1.807, 2.05) is 12.1 Å². The number of hydrogen-bond acceptors (Lipinski definition) is 6. The lowest BCUT2D eigenvalue weighted by molar-refractivity contribution is 0.00431. The molecule has 1 aromatic carbocycles. The van der Waals surface area contributed by atoms with Crippen molar-refractivity contribution in [2.75, 3.05) is 59.7 Å². The van der Waals surface area contributed by atoms with E-state index in [1.165, 1.54) is 5.57 Å². The Labute approximate surface area is 162 Å². The summed E-state index contributed by atoms with van der Waals surface area (Å²) in [6, 6.07) is 5.99. The van der Waals surface area contributed by atoms with Crippen LogP contribution in [0.1, 0.15) is 18.9 Å². The van der Waals surface area contributed by atoms with Gasteiger partial charge in [0.15, 0.2) is 11.5 Å². The lowest BCUT2D eigenvalue weighted by Gasteiger charge is -2.29. The highest BCUT2D eigenvalue weighted by Gasteiger charge is 2.19. The van der Waals surface area contributed by atoms with E-state index in [0.29, 0.717) is 6.54 Å². The van der Waals surface area contributed by atoms with Crippen molar-refractivity contribution < 1.29 is 19.3 Å². The largest absolute Gasteiger partial charge is 0.493 e. The fraction of sp³-hybridized carbons (Fsp3) is 0.619. The number of morpholine rings is 1. The number of β-amino-alcohol motifs (C(OH)–C–C–N with tert-alkyl or cyclic N) is 1. The van der Waals surface area contributed by atoms with Crippen LogP contribution in [0.4, 0.5) is 0 Å². The van der Waals surface area contributed by atoms with E-state index in [9.17, 15) is 5.11 Å². The van der Waals surface area contributed by atoms with E-state index >= 15 is 0 Å². The summed E-state index contributed by atoms with van der Waals surface area (Å²) in [5.41, 5.74) is 2.56. The molecule has 0 spiro atoms. The molecule has 150 valence electrons. The van der Waals surface area contributed by atoms with Crippen LogP contribution in [0.5, 0.6) is 11.5 Å². The first-order chi connectivity index (χ1) is 13.2. The lowest BCUT2D eigenvalue weighted by Crippen LogP contribution is -2.42. The summed E-state index contributed by atoms with van der Waals surface area (Å²) in [4.78, 5) is 4.61. The molecule has 0 amide bonds. The van der Waals surface area contributed by atoms with E-state index < -0.39 is 6.10 Å². The number of nitrogens with zero attached hydrogens (tertiary/aromatic N) is 2. The summed E-state index contributed by atoms with van der Waals surface area (Å²) in [6.45, 7) is 9.05. The average molecular weight is 376 g/mol. The summed E-state index contributed by atoms with van der Waals surface area (Å²) < 4.78 is 16.9. The van der Waals surface area contributed by atoms with Crippen molar-refractivity contribution in [3.63, 3.8) is 0 Å². The van der Waals surface area contributed by atoms with Gasteiger partial charge in [-0.2, -0.15) is 0 Å². The van der Waals surface area contributed by atoms with Crippen LogP contribution < -0.4 is 9.47 Å². The van der Waals surface area contributed by atoms with Gasteiger partial charge in [-0.25, -0.2) is 0 Å². The number of hydrogen-bond donors (Lipinski definition) is 1. The van der Waals surface area contributed by atoms with Gasteiger partial charge < -0.3 is 19.3 Å². The molecule has 27 heavy (non-hydrogen) atoms. The highest BCUT2D eigenvalue weighted by molar-refractivity contribution is 5.46. The van der Waals surface area contributed by atoms with Crippen molar-refractivity contribution in [3.8, 4) is 11.5 Å². The van der Waals surface area contributed by atoms with Gasteiger partial charge in [-0.3, -0.25) is 9.80 Å². The minimum atomic E-state index is -0.540. The smallest absolute Gasteiger partial charge is 0.165 e. The number of rotatable bonds is 8. The van der Waals surface area contributed by atoms with Crippen molar-refractivity contribution in [2.24, 2.45) is 0 Å². The van der Waals surface area contributed by atoms with Gasteiger partial charge in [0.1, 0.15) is 12.7 Å². The van der Waals surface area contributed by atoms with Gasteiger partial charge >= 0.3 is 0 Å². The molecule has 3 rings (SSSR count). The fourth-order valence-electron chi connectivity index (χ4n) is 3.52. The summed E-state index contributed by atoms with van der Waals surface area (Å²) in [6.07, 6.45) is 2.86. The van der Waals surface area contributed by atoms with Gasteiger partial charge in [0, 0.05) is 44.8 Å². The quantitative estimate of drug-likeness (QED) is 0.700. The zero-order valence-corrected chi connectivity index (χ0v) is 16.5. The minimum Gasteiger partial charge on any atom is -0.493 e. The average Bonchev–Trinajstić information content (AvgIpc) is 2.69. The molecule has 1 fully saturated rings. The Morgan fingerprint density at radius 1 is 1.19 bits per heavy atom. The number of aliphatic hydroxyl groups is 1. The van der Waals surface area contributed by atoms with E-state index in [2.05, 4.69) is 28.9 Å². The van der Waals surface area contributed by atoms with Crippen molar-refractivity contribution >= 4 is 0 Å². The van der Waals surface area contributed by atoms with Crippen molar-refractivity contribution in [1.29, 1.82) is 0 Å². The van der Waals surface area contributed by atoms with Gasteiger partial charge in [-0.05, 0) is 19.4 Å². The normalized spacial score (nSPS) is 20.2. The highest BCUT2D eigenvalue weighted by Crippen LogP contribution is 2.32. The van der Waals surface area contributed by atoms with Crippen LogP contribution >= 0.6 is 0 Å². The van der Waals surface area contributed by atoms with E-state index in [-0.39, 0.29) is 6.61 Å². The van der Waals surface area contributed by atoms with Crippen molar-refractivity contribution in [1.82, 2.24) is 9.80 Å². The highest BCUT2D eigenvalue weighted by atomic mass is 16.5. The summed E-state index contributed by atoms with van der Waals surface area (Å²) >= 11 is 0. The molecule has 0 saturated carbocycles. The molecule has 1 saturated heterocycles. The van der Waals surface area contributed by atoms with Crippen LogP contribution in [0.3, 0.4) is 0 Å². The Bertz CT molecular complexity index is 629. The molecule has 0 unspecified atom stereocenters. The second kappa shape index (κ2) is 10.1. The van der Waals surface area contributed by atoms with E-state index in [4.69, 9.17) is 14.2 Å². The molecule has 0 bridgehead atoms. The Balaban J connectivity index is 1.60. The molecule has 2 heterocycles. The van der Waals surface area contributed by atoms with Crippen molar-refractivity contribution in [2.45, 2.75) is 26.0 Å². The number of benzene rings is 1. The molecule has 1 N–H and O–H groups in total. The molecule has 1 atom stereocenters. The fourth-order valence-corrected chi connectivity index (χ4v) is 3.52. The van der Waals surface area contributed by atoms with Gasteiger partial charge in [0.25, 0.3) is 0 Å². The second-order valence-corrected chi connectivity index (χ2v) is 7.36. The summed E-state index contributed by atoms with van der Waals surface area (Å²) in [5.74, 6) is 1.46. The lowest BCUT2D eigenvalue weighted by atomic mass is 10.1. The maximum absolute atomic E-state index is 10.4. The van der Waals surface area contributed by atoms with Gasteiger partial charge in [-0.15, -0.1) is 0 Å². The zero-order chi connectivity index (χ0) is 19.1. The molecule has 2 aliphatic rings. The van der Waals surface area contributed by atoms with E-state index in [1.54, 1.807) is 7.11 Å². The molecule has 0 aliphatic carbocycles. The van der Waals surface area contributed by atoms with Gasteiger partial charge in [0.05, 0.1) is 20.3 Å². The van der Waals surface area contributed by atoms with Crippen molar-refractivity contribution in [3.05, 3.63) is 35.4 Å². The third-order valence-corrected chi connectivity index (χ3v) is 5.19. The zero-order valence-electron chi connectivity index (χ0n) is 16.5. The molecule has 6 heteroatoms. The maximum atomic E-state index is 10.4. The van der Waals surface area contributed by atoms with Crippen LogP contribution in [0, 0.1) is 0 Å². The third-order valence-electron chi connectivity index (χ3n) is 5.19. The predicted molar refractivity (Wildman–Crippen MR) is 105 cm³/mol. The Kier molecular flexibility index (Phi) is 7.52. The second-order valence-electron chi connectivity index (χ2n) is 7.36. The van der Waals surface area contributed by atoms with Crippen LogP contribution in [0.2, 0.25) is 0 Å². The molecular formula is C21H32N2O4. The summed E-state index contributed by atoms with van der Waals surface area (Å²) in [7, 11) is 1.66. The Hall–Kier alpha value is -1.60. The first kappa shape index (κ1) is 20.1. The number of methoxy groups -OCH3 is 1. The van der Waals surface area contributed by atoms with Crippen LogP contribution in [-0.2, 0) is 11.3 Å². The Morgan fingerprint density at radius 2 is 2.00 bits per heavy atom. The molecule has 6 nitrogen and oxygen atoms in total. The van der Waals surface area contributed by atoms with Gasteiger partial charge in [-0.1, -0.05) is 23.8 Å². The molecule has 2 aliphatic heterocycles. The first-order valence-corrected chi connectivity index (χ1v) is 9.80. The first-order valence-electron chi connectivity index (χ1n) is 9.80. The van der Waals surface area contributed by atoms with Crippen LogP contribution in [-0.4, -0.2) is 80.7 Å². The molecule has 0 aromatic heterocycles. The monoisotopic (exact) mass is 376 g/mol. The number of para-hydroxylation sites is 1. The predicted octanol–water partition coefficient (Wildman–Crippen LogP) is 1.92. The number of ether oxygens (including phenoxy) is 3. The standard InChI is InChI=1S/C21H32N2O4/c1-17-6-8-22(9-7-17)14-18-4-3-5-20(25-2)21(18)27-16-19(24)15-23-10-12-26-13-11-23/h3-6,19,24H,7-16H2,1-2H3/t19-/m1/s1. The van der Waals surface area contributed by atoms with Crippen LogP contribution in [0.15, 0.2) is 29.8 Å². The van der Waals surface area contributed by atoms with Gasteiger partial charge in [0.2, 0.25) is 0 Å². The Morgan fingerprint density at radius 3 is 2.70 bits per heavy atom. The molecule has 0 radical (unpaired) electrons. The topological polar surface area (TPSA) is 54.4 Å². The molecular weight excluding hydrogens is 344 g/mol. The SMILES string of the molecule is COc1cccc(CN2CC=C(C)CC2)c1OC[C@H](O)CN1CCOCC1. The van der Waals surface area contributed by atoms with E-state index in [0.717, 1.165) is 69.4 Å². The van der Waals surface area contributed by atoms with Crippen LogP contribution in [0.25, 0.3) is 0 Å². The summed E-state index contributed by atoms with van der Waals surface area (Å²) in [5, 5.41) is 10.4. The third kappa shape index (κ3) is 5.94. The maximum Gasteiger partial charge on any atom is 0.165 e. The minimum absolute atomic E-state index is 0.254.